The van der Waals surface area contributed by atoms with E-state index in [4.69, 9.17) is 9.47 Å². The van der Waals surface area contributed by atoms with Crippen LogP contribution < -0.4 is 15.4 Å². The molecule has 1 saturated heterocycles. The van der Waals surface area contributed by atoms with Gasteiger partial charge in [-0.2, -0.15) is 0 Å². The third kappa shape index (κ3) is 4.83. The van der Waals surface area contributed by atoms with Gasteiger partial charge >= 0.3 is 0 Å². The maximum Gasteiger partial charge on any atom is 0.220 e. The molecule has 0 aromatic heterocycles. The molecule has 1 aliphatic rings. The first-order valence-corrected chi connectivity index (χ1v) is 6.98. The molecule has 0 saturated carbocycles. The highest BCUT2D eigenvalue weighted by atomic mass is 16.5. The Kier molecular flexibility index (Phi) is 5.83. The number of rotatable bonds is 7. The van der Waals surface area contributed by atoms with Gasteiger partial charge in [0.15, 0.2) is 0 Å². The van der Waals surface area contributed by atoms with Crippen molar-refractivity contribution in [2.45, 2.75) is 25.4 Å². The van der Waals surface area contributed by atoms with Gasteiger partial charge in [0, 0.05) is 32.7 Å². The maximum atomic E-state index is 11.1. The Balaban J connectivity index is 1.72. The molecule has 1 aliphatic heterocycles. The summed E-state index contributed by atoms with van der Waals surface area (Å²) in [5, 5.41) is 6.33. The van der Waals surface area contributed by atoms with E-state index >= 15 is 0 Å². The third-order valence-corrected chi connectivity index (χ3v) is 3.34. The molecule has 0 radical (unpaired) electrons. The summed E-state index contributed by atoms with van der Waals surface area (Å²) in [5.41, 5.74) is 1.21. The van der Waals surface area contributed by atoms with E-state index in [1.807, 2.05) is 12.1 Å². The van der Waals surface area contributed by atoms with Crippen LogP contribution in [0.1, 0.15) is 18.4 Å². The van der Waals surface area contributed by atoms with Crippen LogP contribution in [0.4, 0.5) is 0 Å². The zero-order valence-electron chi connectivity index (χ0n) is 11.9. The van der Waals surface area contributed by atoms with Crippen molar-refractivity contribution in [2.24, 2.45) is 0 Å². The fraction of sp³-hybridized carbons (Fsp3) is 0.533. The molecule has 1 amide bonds. The lowest BCUT2D eigenvalue weighted by molar-refractivity contribution is -0.122. The van der Waals surface area contributed by atoms with E-state index in [0.29, 0.717) is 25.7 Å². The molecule has 2 N–H and O–H groups in total. The highest BCUT2D eigenvalue weighted by molar-refractivity contribution is 5.76. The molecule has 1 atom stereocenters. The number of ether oxygens (including phenoxy) is 2. The predicted molar refractivity (Wildman–Crippen MR) is 76.7 cm³/mol. The maximum absolute atomic E-state index is 11.1. The van der Waals surface area contributed by atoms with Crippen molar-refractivity contribution in [3.63, 3.8) is 0 Å². The Bertz CT molecular complexity index is 410. The number of amides is 1. The largest absolute Gasteiger partial charge is 0.491 e. The van der Waals surface area contributed by atoms with Gasteiger partial charge < -0.3 is 20.1 Å². The van der Waals surface area contributed by atoms with E-state index in [1.165, 1.54) is 5.56 Å². The Morgan fingerprint density at radius 3 is 2.75 bits per heavy atom. The topological polar surface area (TPSA) is 59.6 Å². The Morgan fingerprint density at radius 2 is 2.10 bits per heavy atom. The van der Waals surface area contributed by atoms with Crippen molar-refractivity contribution in [1.29, 1.82) is 0 Å². The van der Waals surface area contributed by atoms with Crippen LogP contribution in [-0.2, 0) is 16.1 Å². The highest BCUT2D eigenvalue weighted by Crippen LogP contribution is 2.12. The number of hydrogen-bond acceptors (Lipinski definition) is 4. The normalized spacial score (nSPS) is 18.6. The van der Waals surface area contributed by atoms with E-state index in [1.54, 1.807) is 7.11 Å². The van der Waals surface area contributed by atoms with Gasteiger partial charge in [0.2, 0.25) is 5.91 Å². The molecule has 20 heavy (non-hydrogen) atoms. The molecule has 1 fully saturated rings. The van der Waals surface area contributed by atoms with Crippen molar-refractivity contribution in [3.8, 4) is 5.75 Å². The zero-order chi connectivity index (χ0) is 14.2. The summed E-state index contributed by atoms with van der Waals surface area (Å²) in [6.07, 6.45) is 1.52. The summed E-state index contributed by atoms with van der Waals surface area (Å²) in [6.45, 7) is 2.68. The van der Waals surface area contributed by atoms with Gasteiger partial charge in [-0.3, -0.25) is 4.79 Å². The minimum Gasteiger partial charge on any atom is -0.491 e. The van der Waals surface area contributed by atoms with Crippen molar-refractivity contribution in [2.75, 3.05) is 26.9 Å². The Hall–Kier alpha value is -1.59. The average Bonchev–Trinajstić information content (AvgIpc) is 2.48. The van der Waals surface area contributed by atoms with E-state index in [9.17, 15) is 4.79 Å². The summed E-state index contributed by atoms with van der Waals surface area (Å²) in [4.78, 5) is 11.1. The van der Waals surface area contributed by atoms with Crippen LogP contribution in [0.5, 0.6) is 5.75 Å². The number of carbonyl (C=O) groups is 1. The Morgan fingerprint density at radius 1 is 1.30 bits per heavy atom. The lowest BCUT2D eigenvalue weighted by atomic mass is 10.1. The standard InChI is InChI=1S/C15H22N2O3/c1-19-8-9-20-14-5-2-12(3-6-14)10-16-13-4-7-15(18)17-11-13/h2-3,5-6,13,16H,4,7-11H2,1H3,(H,17,18). The summed E-state index contributed by atoms with van der Waals surface area (Å²) in [5.74, 6) is 1.01. The summed E-state index contributed by atoms with van der Waals surface area (Å²) >= 11 is 0. The number of carbonyl (C=O) groups excluding carboxylic acids is 1. The summed E-state index contributed by atoms with van der Waals surface area (Å²) in [7, 11) is 1.66. The monoisotopic (exact) mass is 278 g/mol. The molecule has 0 bridgehead atoms. The second-order valence-electron chi connectivity index (χ2n) is 4.91. The third-order valence-electron chi connectivity index (χ3n) is 3.34. The number of nitrogens with one attached hydrogen (secondary N) is 2. The van der Waals surface area contributed by atoms with Crippen molar-refractivity contribution < 1.29 is 14.3 Å². The molecule has 1 aromatic carbocycles. The SMILES string of the molecule is COCCOc1ccc(CNC2CCC(=O)NC2)cc1. The minimum atomic E-state index is 0.153. The first kappa shape index (κ1) is 14.8. The summed E-state index contributed by atoms with van der Waals surface area (Å²) < 4.78 is 10.5. The number of hydrogen-bond donors (Lipinski definition) is 2. The van der Waals surface area contributed by atoms with Gasteiger partial charge in [0.05, 0.1) is 6.61 Å². The van der Waals surface area contributed by atoms with Crippen LogP contribution in [0.15, 0.2) is 24.3 Å². The second kappa shape index (κ2) is 7.87. The number of benzene rings is 1. The number of methoxy groups -OCH3 is 1. The van der Waals surface area contributed by atoms with Crippen molar-refractivity contribution in [1.82, 2.24) is 10.6 Å². The van der Waals surface area contributed by atoms with Crippen molar-refractivity contribution in [3.05, 3.63) is 29.8 Å². The van der Waals surface area contributed by atoms with Crippen LogP contribution in [0.2, 0.25) is 0 Å². The minimum absolute atomic E-state index is 0.153. The fourth-order valence-corrected chi connectivity index (χ4v) is 2.12. The molecule has 1 heterocycles. The lowest BCUT2D eigenvalue weighted by Gasteiger charge is -2.23. The van der Waals surface area contributed by atoms with Gasteiger partial charge in [-0.15, -0.1) is 0 Å². The molecule has 5 heteroatoms. The van der Waals surface area contributed by atoms with Crippen LogP contribution in [0.3, 0.4) is 0 Å². The molecule has 2 rings (SSSR count). The van der Waals surface area contributed by atoms with Crippen LogP contribution in [0.25, 0.3) is 0 Å². The van der Waals surface area contributed by atoms with E-state index < -0.39 is 0 Å². The van der Waals surface area contributed by atoms with Gasteiger partial charge in [-0.25, -0.2) is 0 Å². The first-order chi connectivity index (χ1) is 9.78. The lowest BCUT2D eigenvalue weighted by Crippen LogP contribution is -2.45. The fourth-order valence-electron chi connectivity index (χ4n) is 2.12. The predicted octanol–water partition coefficient (Wildman–Crippen LogP) is 1.08. The van der Waals surface area contributed by atoms with Crippen LogP contribution >= 0.6 is 0 Å². The highest BCUT2D eigenvalue weighted by Gasteiger charge is 2.16. The molecular weight excluding hydrogens is 256 g/mol. The average molecular weight is 278 g/mol. The van der Waals surface area contributed by atoms with E-state index in [0.717, 1.165) is 25.3 Å². The van der Waals surface area contributed by atoms with Gasteiger partial charge in [0.25, 0.3) is 0 Å². The molecule has 1 aromatic rings. The summed E-state index contributed by atoms with van der Waals surface area (Å²) in [6, 6.07) is 8.41. The smallest absolute Gasteiger partial charge is 0.220 e. The van der Waals surface area contributed by atoms with Crippen LogP contribution in [-0.4, -0.2) is 38.8 Å². The molecule has 0 aliphatic carbocycles. The van der Waals surface area contributed by atoms with E-state index in [-0.39, 0.29) is 5.91 Å². The Labute approximate surface area is 119 Å². The zero-order valence-corrected chi connectivity index (χ0v) is 11.9. The quantitative estimate of drug-likeness (QED) is 0.733. The molecule has 0 spiro atoms. The van der Waals surface area contributed by atoms with E-state index in [2.05, 4.69) is 22.8 Å². The number of piperidine rings is 1. The van der Waals surface area contributed by atoms with Gasteiger partial charge in [-0.1, -0.05) is 12.1 Å². The first-order valence-electron chi connectivity index (χ1n) is 6.98. The molecular formula is C15H22N2O3. The second-order valence-corrected chi connectivity index (χ2v) is 4.91. The molecule has 5 nitrogen and oxygen atoms in total. The van der Waals surface area contributed by atoms with Gasteiger partial charge in [-0.05, 0) is 24.1 Å². The van der Waals surface area contributed by atoms with Crippen molar-refractivity contribution >= 4 is 5.91 Å². The van der Waals surface area contributed by atoms with Gasteiger partial charge in [0.1, 0.15) is 12.4 Å². The molecule has 1 unspecified atom stereocenters. The van der Waals surface area contributed by atoms with Crippen LogP contribution in [0, 0.1) is 0 Å². The molecule has 110 valence electrons.